The average Bonchev–Trinajstić information content (AvgIpc) is 2.84. The van der Waals surface area contributed by atoms with E-state index in [0.29, 0.717) is 13.1 Å². The van der Waals surface area contributed by atoms with Gasteiger partial charge in [0, 0.05) is 19.3 Å². The molecule has 2 aromatic rings. The van der Waals surface area contributed by atoms with Gasteiger partial charge in [0.25, 0.3) is 5.91 Å². The number of carbonyl (C=O) groups excluding carboxylic acids is 1. The quantitative estimate of drug-likeness (QED) is 0.826. The minimum Gasteiger partial charge on any atom is -0.335 e. The van der Waals surface area contributed by atoms with Gasteiger partial charge < -0.3 is 15.6 Å². The highest BCUT2D eigenvalue weighted by molar-refractivity contribution is 6.43. The number of nitrogens with two attached hydrogens (primary N) is 1. The molecule has 3 N–H and O–H groups in total. The van der Waals surface area contributed by atoms with E-state index in [-0.39, 0.29) is 21.7 Å². The summed E-state index contributed by atoms with van der Waals surface area (Å²) >= 11 is 11.6. The summed E-state index contributed by atoms with van der Waals surface area (Å²) in [5.74, 6) is -0.299. The molecule has 2 heterocycles. The molecule has 0 aromatic carbocycles. The fraction of sp³-hybridized carbons (Fsp3) is 0.200. The first-order valence-corrected chi connectivity index (χ1v) is 6.06. The molecule has 0 aliphatic heterocycles. The molecule has 19 heavy (non-hydrogen) atoms. The zero-order chi connectivity index (χ0) is 13.8. The summed E-state index contributed by atoms with van der Waals surface area (Å²) in [5.41, 5.74) is 5.64. The Kier molecular flexibility index (Phi) is 4.31. The van der Waals surface area contributed by atoms with Gasteiger partial charge in [-0.15, -0.1) is 0 Å². The Labute approximate surface area is 118 Å². The first kappa shape index (κ1) is 13.7. The van der Waals surface area contributed by atoms with Crippen molar-refractivity contribution >= 4 is 34.9 Å². The van der Waals surface area contributed by atoms with Crippen LogP contribution in [-0.4, -0.2) is 32.0 Å². The van der Waals surface area contributed by atoms with Crippen molar-refractivity contribution < 1.29 is 4.79 Å². The van der Waals surface area contributed by atoms with Crippen molar-refractivity contribution in [3.8, 4) is 0 Å². The van der Waals surface area contributed by atoms with E-state index in [1.807, 2.05) is 0 Å². The molecule has 0 saturated carbocycles. The molecule has 0 unspecified atom stereocenters. The number of nitrogens with zero attached hydrogens (tertiary/aromatic N) is 4. The number of nitrogens with one attached hydrogen (secondary N) is 1. The van der Waals surface area contributed by atoms with Crippen molar-refractivity contribution in [3.05, 3.63) is 34.7 Å². The summed E-state index contributed by atoms with van der Waals surface area (Å²) in [7, 11) is 0. The predicted molar refractivity (Wildman–Crippen MR) is 71.3 cm³/mol. The number of imidazole rings is 1. The SMILES string of the molecule is NCCn1cnc(C(=O)Nc2ncnc(Cl)c2Cl)c1. The van der Waals surface area contributed by atoms with Crippen molar-refractivity contribution in [2.75, 3.05) is 11.9 Å². The van der Waals surface area contributed by atoms with Crippen LogP contribution in [0.2, 0.25) is 10.2 Å². The van der Waals surface area contributed by atoms with Gasteiger partial charge in [0.15, 0.2) is 11.0 Å². The average molecular weight is 301 g/mol. The van der Waals surface area contributed by atoms with E-state index in [1.165, 1.54) is 12.7 Å². The van der Waals surface area contributed by atoms with E-state index in [9.17, 15) is 4.79 Å². The number of carbonyl (C=O) groups is 1. The van der Waals surface area contributed by atoms with Gasteiger partial charge in [-0.25, -0.2) is 15.0 Å². The zero-order valence-corrected chi connectivity index (χ0v) is 11.2. The van der Waals surface area contributed by atoms with Crippen LogP contribution < -0.4 is 11.1 Å². The van der Waals surface area contributed by atoms with Gasteiger partial charge in [0.1, 0.15) is 17.0 Å². The number of amides is 1. The first-order valence-electron chi connectivity index (χ1n) is 5.31. The third kappa shape index (κ3) is 3.19. The summed E-state index contributed by atoms with van der Waals surface area (Å²) in [6, 6.07) is 0. The van der Waals surface area contributed by atoms with Gasteiger partial charge in [-0.05, 0) is 0 Å². The molecular formula is C10H10Cl2N6O. The van der Waals surface area contributed by atoms with Gasteiger partial charge in [0.05, 0.1) is 6.33 Å². The summed E-state index contributed by atoms with van der Waals surface area (Å²) in [6.45, 7) is 1.05. The second-order valence-corrected chi connectivity index (χ2v) is 4.30. The zero-order valence-electron chi connectivity index (χ0n) is 9.68. The number of rotatable bonds is 4. The van der Waals surface area contributed by atoms with Crippen LogP contribution in [0.1, 0.15) is 10.5 Å². The summed E-state index contributed by atoms with van der Waals surface area (Å²) < 4.78 is 1.71. The molecule has 9 heteroatoms. The second kappa shape index (κ2) is 5.96. The topological polar surface area (TPSA) is 98.7 Å². The molecule has 100 valence electrons. The molecule has 0 spiro atoms. The van der Waals surface area contributed by atoms with Crippen molar-refractivity contribution in [2.45, 2.75) is 6.54 Å². The molecule has 2 aromatic heterocycles. The fourth-order valence-electron chi connectivity index (χ4n) is 1.36. The second-order valence-electron chi connectivity index (χ2n) is 3.57. The molecule has 0 fully saturated rings. The van der Waals surface area contributed by atoms with E-state index in [4.69, 9.17) is 28.9 Å². The molecule has 1 amide bonds. The summed E-state index contributed by atoms with van der Waals surface area (Å²) in [6.07, 6.45) is 4.31. The lowest BCUT2D eigenvalue weighted by Crippen LogP contribution is -2.14. The Morgan fingerprint density at radius 2 is 2.16 bits per heavy atom. The molecule has 0 radical (unpaired) electrons. The maximum Gasteiger partial charge on any atom is 0.277 e. The van der Waals surface area contributed by atoms with Crippen molar-refractivity contribution in [1.29, 1.82) is 0 Å². The number of hydrogen-bond donors (Lipinski definition) is 2. The van der Waals surface area contributed by atoms with Gasteiger partial charge in [-0.1, -0.05) is 23.2 Å². The Bertz CT molecular complexity index is 599. The van der Waals surface area contributed by atoms with E-state index in [0.717, 1.165) is 0 Å². The largest absolute Gasteiger partial charge is 0.335 e. The van der Waals surface area contributed by atoms with Crippen LogP contribution in [0.15, 0.2) is 18.9 Å². The molecule has 0 atom stereocenters. The molecule has 0 aliphatic rings. The fourth-order valence-corrected chi connectivity index (χ4v) is 1.63. The van der Waals surface area contributed by atoms with Crippen molar-refractivity contribution in [3.63, 3.8) is 0 Å². The molecule has 7 nitrogen and oxygen atoms in total. The van der Waals surface area contributed by atoms with Crippen LogP contribution in [0.5, 0.6) is 0 Å². The van der Waals surface area contributed by atoms with Gasteiger partial charge in [0.2, 0.25) is 0 Å². The first-order chi connectivity index (χ1) is 9.11. The van der Waals surface area contributed by atoms with Crippen LogP contribution in [-0.2, 0) is 6.54 Å². The Morgan fingerprint density at radius 3 is 2.89 bits per heavy atom. The minimum absolute atomic E-state index is 0.0700. The predicted octanol–water partition coefficient (Wildman–Crippen LogP) is 1.19. The monoisotopic (exact) mass is 300 g/mol. The van der Waals surface area contributed by atoms with Crippen LogP contribution >= 0.6 is 23.2 Å². The van der Waals surface area contributed by atoms with Crippen LogP contribution in [0.3, 0.4) is 0 Å². The van der Waals surface area contributed by atoms with Crippen molar-refractivity contribution in [2.24, 2.45) is 5.73 Å². The van der Waals surface area contributed by atoms with Crippen LogP contribution in [0, 0.1) is 0 Å². The maximum atomic E-state index is 11.9. The van der Waals surface area contributed by atoms with E-state index in [1.54, 1.807) is 10.8 Å². The number of hydrogen-bond acceptors (Lipinski definition) is 5. The lowest BCUT2D eigenvalue weighted by molar-refractivity contribution is 0.102. The number of halogens is 2. The van der Waals surface area contributed by atoms with Gasteiger partial charge in [-0.3, -0.25) is 4.79 Å². The van der Waals surface area contributed by atoms with Gasteiger partial charge in [-0.2, -0.15) is 0 Å². The Balaban J connectivity index is 2.14. The number of anilines is 1. The van der Waals surface area contributed by atoms with Crippen LogP contribution in [0.25, 0.3) is 0 Å². The summed E-state index contributed by atoms with van der Waals surface area (Å²) in [5, 5.41) is 2.66. The molecule has 0 bridgehead atoms. The van der Waals surface area contributed by atoms with E-state index >= 15 is 0 Å². The normalized spacial score (nSPS) is 10.5. The third-order valence-corrected chi connectivity index (χ3v) is 2.97. The summed E-state index contributed by atoms with van der Waals surface area (Å²) in [4.78, 5) is 23.4. The van der Waals surface area contributed by atoms with Gasteiger partial charge >= 0.3 is 0 Å². The highest BCUT2D eigenvalue weighted by Gasteiger charge is 2.14. The Hall–Kier alpha value is -1.70. The molecule has 0 aliphatic carbocycles. The standard InChI is InChI=1S/C10H10Cl2N6O/c11-7-8(12)14-4-15-9(7)17-10(19)6-3-18(2-1-13)5-16-6/h3-5H,1-2,13H2,(H,14,15,17,19). The van der Waals surface area contributed by atoms with E-state index < -0.39 is 5.91 Å². The molecule has 2 rings (SSSR count). The third-order valence-electron chi connectivity index (χ3n) is 2.23. The van der Waals surface area contributed by atoms with Crippen LogP contribution in [0.4, 0.5) is 5.82 Å². The highest BCUT2D eigenvalue weighted by atomic mass is 35.5. The Morgan fingerprint density at radius 1 is 1.37 bits per heavy atom. The lowest BCUT2D eigenvalue weighted by atomic mass is 10.4. The molecule has 0 saturated heterocycles. The van der Waals surface area contributed by atoms with Crippen molar-refractivity contribution in [1.82, 2.24) is 19.5 Å². The minimum atomic E-state index is -0.438. The molecular weight excluding hydrogens is 291 g/mol. The highest BCUT2D eigenvalue weighted by Crippen LogP contribution is 2.25. The number of aromatic nitrogens is 4. The van der Waals surface area contributed by atoms with E-state index in [2.05, 4.69) is 20.3 Å². The lowest BCUT2D eigenvalue weighted by Gasteiger charge is -2.04. The maximum absolute atomic E-state index is 11.9. The smallest absolute Gasteiger partial charge is 0.277 e.